The number of aromatic nitrogens is 4. The summed E-state index contributed by atoms with van der Waals surface area (Å²) in [7, 11) is 0. The standard InChI is InChI=1S/C9H9BrN4/c1-6-3-4-8(5-9(6)10)14-7(2)11-12-13-14/h3-5H,1-2H3. The van der Waals surface area contributed by atoms with E-state index in [0.717, 1.165) is 16.0 Å². The number of tetrazole rings is 1. The second kappa shape index (κ2) is 3.49. The maximum atomic E-state index is 3.89. The molecule has 4 nitrogen and oxygen atoms in total. The van der Waals surface area contributed by atoms with Crippen LogP contribution in [0.25, 0.3) is 5.69 Å². The summed E-state index contributed by atoms with van der Waals surface area (Å²) in [5.41, 5.74) is 2.16. The molecule has 0 saturated carbocycles. The van der Waals surface area contributed by atoms with Crippen molar-refractivity contribution in [1.82, 2.24) is 20.2 Å². The first-order valence-electron chi connectivity index (χ1n) is 4.20. The molecule has 0 N–H and O–H groups in total. The molecule has 0 aliphatic rings. The molecule has 0 unspecified atom stereocenters. The summed E-state index contributed by atoms with van der Waals surface area (Å²) in [6.45, 7) is 3.91. The van der Waals surface area contributed by atoms with Crippen LogP contribution < -0.4 is 0 Å². The normalized spacial score (nSPS) is 10.5. The van der Waals surface area contributed by atoms with Gasteiger partial charge in [-0.2, -0.15) is 4.68 Å². The lowest BCUT2D eigenvalue weighted by Crippen LogP contribution is -1.99. The second-order valence-electron chi connectivity index (χ2n) is 3.07. The van der Waals surface area contributed by atoms with E-state index in [1.54, 1.807) is 4.68 Å². The number of hydrogen-bond donors (Lipinski definition) is 0. The monoisotopic (exact) mass is 252 g/mol. The third-order valence-electron chi connectivity index (χ3n) is 2.03. The van der Waals surface area contributed by atoms with Gasteiger partial charge in [0.05, 0.1) is 5.69 Å². The first-order chi connectivity index (χ1) is 6.68. The molecule has 0 bridgehead atoms. The van der Waals surface area contributed by atoms with E-state index >= 15 is 0 Å². The summed E-state index contributed by atoms with van der Waals surface area (Å²) in [4.78, 5) is 0. The minimum absolute atomic E-state index is 0.778. The third kappa shape index (κ3) is 1.55. The van der Waals surface area contributed by atoms with Crippen LogP contribution in [0.2, 0.25) is 0 Å². The van der Waals surface area contributed by atoms with Crippen molar-refractivity contribution >= 4 is 15.9 Å². The van der Waals surface area contributed by atoms with Crippen molar-refractivity contribution in [1.29, 1.82) is 0 Å². The van der Waals surface area contributed by atoms with Gasteiger partial charge >= 0.3 is 0 Å². The minimum atomic E-state index is 0.778. The fourth-order valence-corrected chi connectivity index (χ4v) is 1.55. The molecule has 1 aromatic carbocycles. The highest BCUT2D eigenvalue weighted by atomic mass is 79.9. The first-order valence-corrected chi connectivity index (χ1v) is 4.99. The van der Waals surface area contributed by atoms with Crippen molar-refractivity contribution in [3.8, 4) is 5.69 Å². The van der Waals surface area contributed by atoms with Crippen LogP contribution in [0.5, 0.6) is 0 Å². The van der Waals surface area contributed by atoms with E-state index < -0.39 is 0 Å². The summed E-state index contributed by atoms with van der Waals surface area (Å²) in [6.07, 6.45) is 0. The molecule has 14 heavy (non-hydrogen) atoms. The van der Waals surface area contributed by atoms with E-state index in [1.807, 2.05) is 32.0 Å². The fourth-order valence-electron chi connectivity index (χ4n) is 1.18. The van der Waals surface area contributed by atoms with Crippen molar-refractivity contribution in [3.05, 3.63) is 34.1 Å². The van der Waals surface area contributed by atoms with Gasteiger partial charge in [-0.05, 0) is 42.0 Å². The van der Waals surface area contributed by atoms with E-state index in [4.69, 9.17) is 0 Å². The summed E-state index contributed by atoms with van der Waals surface area (Å²) < 4.78 is 2.76. The van der Waals surface area contributed by atoms with Gasteiger partial charge in [0.1, 0.15) is 0 Å². The minimum Gasteiger partial charge on any atom is -0.198 e. The predicted molar refractivity (Wildman–Crippen MR) is 56.3 cm³/mol. The van der Waals surface area contributed by atoms with Gasteiger partial charge in [-0.1, -0.05) is 22.0 Å². The molecule has 0 saturated heterocycles. The zero-order valence-corrected chi connectivity index (χ0v) is 9.48. The topological polar surface area (TPSA) is 43.6 Å². The number of aryl methyl sites for hydroxylation is 2. The first kappa shape index (κ1) is 9.33. The quantitative estimate of drug-likeness (QED) is 0.781. The molecular formula is C9H9BrN4. The molecule has 0 spiro atoms. The van der Waals surface area contributed by atoms with Gasteiger partial charge in [-0.25, -0.2) is 0 Å². The van der Waals surface area contributed by atoms with Crippen LogP contribution in [-0.4, -0.2) is 20.2 Å². The molecule has 5 heteroatoms. The Balaban J connectivity index is 2.53. The molecule has 0 aliphatic heterocycles. The SMILES string of the molecule is Cc1ccc(-n2nnnc2C)cc1Br. The number of benzene rings is 1. The number of nitrogens with zero attached hydrogens (tertiary/aromatic N) is 4. The summed E-state index contributed by atoms with van der Waals surface area (Å²) in [5, 5.41) is 11.3. The van der Waals surface area contributed by atoms with Crippen LogP contribution in [0.1, 0.15) is 11.4 Å². The van der Waals surface area contributed by atoms with Crippen molar-refractivity contribution in [2.45, 2.75) is 13.8 Å². The van der Waals surface area contributed by atoms with Crippen LogP contribution in [0.3, 0.4) is 0 Å². The Kier molecular flexibility index (Phi) is 2.33. The van der Waals surface area contributed by atoms with Crippen molar-refractivity contribution in [2.75, 3.05) is 0 Å². The largest absolute Gasteiger partial charge is 0.198 e. The van der Waals surface area contributed by atoms with Gasteiger partial charge in [-0.15, -0.1) is 5.10 Å². The van der Waals surface area contributed by atoms with Crippen LogP contribution in [-0.2, 0) is 0 Å². The lowest BCUT2D eigenvalue weighted by atomic mass is 10.2. The maximum absolute atomic E-state index is 3.89. The Bertz CT molecular complexity index is 464. The van der Waals surface area contributed by atoms with Gasteiger partial charge in [-0.3, -0.25) is 0 Å². The van der Waals surface area contributed by atoms with Gasteiger partial charge < -0.3 is 0 Å². The van der Waals surface area contributed by atoms with Gasteiger partial charge in [0.15, 0.2) is 5.82 Å². The van der Waals surface area contributed by atoms with Crippen molar-refractivity contribution in [3.63, 3.8) is 0 Å². The van der Waals surface area contributed by atoms with Gasteiger partial charge in [0, 0.05) is 4.47 Å². The maximum Gasteiger partial charge on any atom is 0.153 e. The molecule has 0 aliphatic carbocycles. The van der Waals surface area contributed by atoms with Crippen LogP contribution in [0, 0.1) is 13.8 Å². The highest BCUT2D eigenvalue weighted by Crippen LogP contribution is 2.19. The molecule has 0 radical (unpaired) electrons. The third-order valence-corrected chi connectivity index (χ3v) is 2.88. The molecule has 2 rings (SSSR count). The molecule has 2 aromatic rings. The molecule has 1 aromatic heterocycles. The molecule has 1 heterocycles. The Morgan fingerprint density at radius 2 is 2.07 bits per heavy atom. The Morgan fingerprint density at radius 1 is 1.29 bits per heavy atom. The van der Waals surface area contributed by atoms with Crippen LogP contribution in [0.15, 0.2) is 22.7 Å². The van der Waals surface area contributed by atoms with E-state index in [9.17, 15) is 0 Å². The van der Waals surface area contributed by atoms with E-state index in [1.165, 1.54) is 5.56 Å². The number of hydrogen-bond acceptors (Lipinski definition) is 3. The Morgan fingerprint density at radius 3 is 2.64 bits per heavy atom. The van der Waals surface area contributed by atoms with Gasteiger partial charge in [0.25, 0.3) is 0 Å². The highest BCUT2D eigenvalue weighted by molar-refractivity contribution is 9.10. The summed E-state index contributed by atoms with van der Waals surface area (Å²) in [5.74, 6) is 0.778. The van der Waals surface area contributed by atoms with E-state index in [-0.39, 0.29) is 0 Å². The van der Waals surface area contributed by atoms with Gasteiger partial charge in [0.2, 0.25) is 0 Å². The lowest BCUT2D eigenvalue weighted by molar-refractivity contribution is 0.779. The summed E-state index contributed by atoms with van der Waals surface area (Å²) in [6, 6.07) is 6.02. The van der Waals surface area contributed by atoms with E-state index in [0.29, 0.717) is 0 Å². The molecular weight excluding hydrogens is 244 g/mol. The Labute approximate surface area is 90.1 Å². The van der Waals surface area contributed by atoms with E-state index in [2.05, 4.69) is 31.5 Å². The molecule has 72 valence electrons. The summed E-state index contributed by atoms with van der Waals surface area (Å²) >= 11 is 3.47. The fraction of sp³-hybridized carbons (Fsp3) is 0.222. The predicted octanol–water partition coefficient (Wildman–Crippen LogP) is 2.04. The number of rotatable bonds is 1. The molecule has 0 atom stereocenters. The average Bonchev–Trinajstić information content (AvgIpc) is 2.57. The van der Waals surface area contributed by atoms with Crippen molar-refractivity contribution < 1.29 is 0 Å². The Hall–Kier alpha value is -1.23. The molecule has 0 amide bonds. The zero-order valence-electron chi connectivity index (χ0n) is 7.90. The highest BCUT2D eigenvalue weighted by Gasteiger charge is 2.04. The lowest BCUT2D eigenvalue weighted by Gasteiger charge is -2.03. The second-order valence-corrected chi connectivity index (χ2v) is 3.93. The smallest absolute Gasteiger partial charge is 0.153 e. The average molecular weight is 253 g/mol. The number of halogens is 1. The van der Waals surface area contributed by atoms with Crippen molar-refractivity contribution in [2.24, 2.45) is 0 Å². The zero-order chi connectivity index (χ0) is 10.1. The molecule has 0 fully saturated rings. The van der Waals surface area contributed by atoms with Crippen LogP contribution >= 0.6 is 15.9 Å². The van der Waals surface area contributed by atoms with Crippen LogP contribution in [0.4, 0.5) is 0 Å².